The molecule has 28 heavy (non-hydrogen) atoms. The van der Waals surface area contributed by atoms with Crippen LogP contribution in [0.4, 0.5) is 11.4 Å². The quantitative estimate of drug-likeness (QED) is 0.240. The standard InChI is InChI=1S/C15H10I2N2O9/c16-8-1-6(3-12(20)15(22)23)2-9(17)14(8)28-7-4-10(18(24)25)13(21)11(5-7)19(26)27/h1-2,4-5,12,20-21H,3H2,(H,22,23). The molecule has 1 unspecified atom stereocenters. The van der Waals surface area contributed by atoms with Crippen molar-refractivity contribution >= 4 is 62.5 Å². The van der Waals surface area contributed by atoms with Gasteiger partial charge in [0.25, 0.3) is 5.75 Å². The van der Waals surface area contributed by atoms with E-state index in [4.69, 9.17) is 9.84 Å². The molecule has 3 N–H and O–H groups in total. The lowest BCUT2D eigenvalue weighted by Crippen LogP contribution is -2.22. The molecular weight excluding hydrogens is 606 g/mol. The highest BCUT2D eigenvalue weighted by atomic mass is 127. The van der Waals surface area contributed by atoms with Crippen LogP contribution in [-0.4, -0.2) is 37.2 Å². The van der Waals surface area contributed by atoms with Crippen molar-refractivity contribution in [1.82, 2.24) is 0 Å². The van der Waals surface area contributed by atoms with Crippen molar-refractivity contribution in [3.8, 4) is 17.2 Å². The van der Waals surface area contributed by atoms with Crippen LogP contribution < -0.4 is 4.74 Å². The molecule has 148 valence electrons. The van der Waals surface area contributed by atoms with Crippen molar-refractivity contribution < 1.29 is 34.7 Å². The van der Waals surface area contributed by atoms with E-state index in [-0.39, 0.29) is 17.9 Å². The zero-order valence-corrected chi connectivity index (χ0v) is 17.9. The Labute approximate surface area is 183 Å². The fourth-order valence-corrected chi connectivity index (χ4v) is 4.29. The van der Waals surface area contributed by atoms with Gasteiger partial charge in [-0.15, -0.1) is 0 Å². The molecule has 0 aliphatic rings. The number of hydrogen-bond acceptors (Lipinski definition) is 8. The van der Waals surface area contributed by atoms with E-state index in [0.29, 0.717) is 12.7 Å². The van der Waals surface area contributed by atoms with Gasteiger partial charge in [0, 0.05) is 6.42 Å². The number of carboxylic acids is 1. The van der Waals surface area contributed by atoms with Gasteiger partial charge in [-0.05, 0) is 62.9 Å². The van der Waals surface area contributed by atoms with Crippen LogP contribution >= 0.6 is 45.2 Å². The highest BCUT2D eigenvalue weighted by Crippen LogP contribution is 2.42. The maximum atomic E-state index is 11.0. The number of nitrogens with zero attached hydrogens (tertiary/aromatic N) is 2. The summed E-state index contributed by atoms with van der Waals surface area (Å²) in [7, 11) is 0. The second-order valence-electron chi connectivity index (χ2n) is 5.37. The fraction of sp³-hybridized carbons (Fsp3) is 0.133. The maximum Gasteiger partial charge on any atom is 0.332 e. The number of carbonyl (C=O) groups is 1. The second-order valence-corrected chi connectivity index (χ2v) is 7.70. The Hall–Kier alpha value is -2.27. The molecule has 0 aromatic heterocycles. The molecule has 0 aliphatic carbocycles. The maximum absolute atomic E-state index is 11.0. The summed E-state index contributed by atoms with van der Waals surface area (Å²) >= 11 is 3.75. The summed E-state index contributed by atoms with van der Waals surface area (Å²) < 4.78 is 6.53. The first-order valence-corrected chi connectivity index (χ1v) is 9.39. The van der Waals surface area contributed by atoms with Crippen molar-refractivity contribution in [3.05, 3.63) is 57.2 Å². The van der Waals surface area contributed by atoms with Crippen LogP contribution in [0.5, 0.6) is 17.2 Å². The highest BCUT2D eigenvalue weighted by Gasteiger charge is 2.27. The smallest absolute Gasteiger partial charge is 0.332 e. The third kappa shape index (κ3) is 4.96. The van der Waals surface area contributed by atoms with Crippen molar-refractivity contribution in [3.63, 3.8) is 0 Å². The molecule has 2 aromatic rings. The summed E-state index contributed by atoms with van der Waals surface area (Å²) in [5, 5.41) is 50.0. The first kappa shape index (κ1) is 22.0. The number of phenols is 1. The zero-order chi connectivity index (χ0) is 21.2. The van der Waals surface area contributed by atoms with Gasteiger partial charge in [-0.25, -0.2) is 4.79 Å². The van der Waals surface area contributed by atoms with Crippen molar-refractivity contribution in [2.75, 3.05) is 0 Å². The predicted molar refractivity (Wildman–Crippen MR) is 111 cm³/mol. The Morgan fingerprint density at radius 2 is 1.54 bits per heavy atom. The van der Waals surface area contributed by atoms with E-state index in [2.05, 4.69) is 0 Å². The van der Waals surface area contributed by atoms with Crippen molar-refractivity contribution in [1.29, 1.82) is 0 Å². The number of aliphatic hydroxyl groups is 1. The monoisotopic (exact) mass is 616 g/mol. The van der Waals surface area contributed by atoms with Gasteiger partial charge in [0.2, 0.25) is 0 Å². The van der Waals surface area contributed by atoms with Gasteiger partial charge in [0.05, 0.1) is 29.1 Å². The lowest BCUT2D eigenvalue weighted by atomic mass is 10.1. The summed E-state index contributed by atoms with van der Waals surface area (Å²) in [6.07, 6.45) is -1.72. The largest absolute Gasteiger partial charge is 0.497 e. The number of carboxylic acid groups (broad SMARTS) is 1. The lowest BCUT2D eigenvalue weighted by Gasteiger charge is -2.13. The number of aromatic hydroxyl groups is 1. The van der Waals surface area contributed by atoms with Crippen LogP contribution in [0, 0.1) is 27.4 Å². The Morgan fingerprint density at radius 3 is 1.93 bits per heavy atom. The summed E-state index contributed by atoms with van der Waals surface area (Å²) in [4.78, 5) is 30.9. The van der Waals surface area contributed by atoms with Crippen molar-refractivity contribution in [2.45, 2.75) is 12.5 Å². The number of hydrogen-bond donors (Lipinski definition) is 3. The minimum Gasteiger partial charge on any atom is -0.497 e. The van der Waals surface area contributed by atoms with Crippen LogP contribution in [0.3, 0.4) is 0 Å². The highest BCUT2D eigenvalue weighted by molar-refractivity contribution is 14.1. The van der Waals surface area contributed by atoms with E-state index in [9.17, 15) is 35.2 Å². The number of aliphatic hydroxyl groups excluding tert-OH is 1. The zero-order valence-electron chi connectivity index (χ0n) is 13.5. The number of nitro benzene ring substituents is 2. The summed E-state index contributed by atoms with van der Waals surface area (Å²) in [5.74, 6) is -2.45. The molecular formula is C15H10I2N2O9. The SMILES string of the molecule is O=C(O)C(O)Cc1cc(I)c(Oc2cc([N+](=O)[O-])c(O)c([N+](=O)[O-])c2)c(I)c1. The van der Waals surface area contributed by atoms with Gasteiger partial charge in [0.1, 0.15) is 5.75 Å². The molecule has 0 spiro atoms. The van der Waals surface area contributed by atoms with Crippen LogP contribution in [0.25, 0.3) is 0 Å². The molecule has 0 saturated carbocycles. The first-order valence-electron chi connectivity index (χ1n) is 7.23. The molecule has 0 radical (unpaired) electrons. The Bertz CT molecular complexity index is 922. The molecule has 0 amide bonds. The predicted octanol–water partition coefficient (Wildman–Crippen LogP) is 3.20. The van der Waals surface area contributed by atoms with Crippen LogP contribution in [-0.2, 0) is 11.2 Å². The third-order valence-electron chi connectivity index (χ3n) is 3.43. The molecule has 0 fully saturated rings. The van der Waals surface area contributed by atoms with E-state index in [0.717, 1.165) is 12.1 Å². The van der Waals surface area contributed by atoms with Crippen LogP contribution in [0.2, 0.25) is 0 Å². The molecule has 0 saturated heterocycles. The minimum atomic E-state index is -1.58. The van der Waals surface area contributed by atoms with Gasteiger partial charge in [-0.2, -0.15) is 0 Å². The molecule has 2 rings (SSSR count). The first-order chi connectivity index (χ1) is 13.0. The average Bonchev–Trinajstić information content (AvgIpc) is 2.58. The third-order valence-corrected chi connectivity index (χ3v) is 5.03. The van der Waals surface area contributed by atoms with E-state index in [1.807, 2.05) is 45.2 Å². The number of benzene rings is 2. The number of halogens is 2. The van der Waals surface area contributed by atoms with E-state index < -0.39 is 39.0 Å². The van der Waals surface area contributed by atoms with E-state index >= 15 is 0 Å². The Morgan fingerprint density at radius 1 is 1.07 bits per heavy atom. The van der Waals surface area contributed by atoms with Gasteiger partial charge in [0.15, 0.2) is 11.9 Å². The van der Waals surface area contributed by atoms with E-state index in [1.165, 1.54) is 0 Å². The molecule has 0 aliphatic heterocycles. The lowest BCUT2D eigenvalue weighted by molar-refractivity contribution is -0.396. The molecule has 0 bridgehead atoms. The molecule has 0 heterocycles. The van der Waals surface area contributed by atoms with Gasteiger partial charge in [-0.1, -0.05) is 0 Å². The van der Waals surface area contributed by atoms with Gasteiger partial charge in [-0.3, -0.25) is 20.2 Å². The fourth-order valence-electron chi connectivity index (χ4n) is 2.17. The van der Waals surface area contributed by atoms with Crippen LogP contribution in [0.15, 0.2) is 24.3 Å². The number of aliphatic carboxylic acids is 1. The topological polar surface area (TPSA) is 173 Å². The minimum absolute atomic E-state index is 0.141. The van der Waals surface area contributed by atoms with Gasteiger partial charge >= 0.3 is 17.3 Å². The molecule has 1 atom stereocenters. The van der Waals surface area contributed by atoms with Crippen LogP contribution in [0.1, 0.15) is 5.56 Å². The van der Waals surface area contributed by atoms with E-state index in [1.54, 1.807) is 12.1 Å². The Kier molecular flexibility index (Phi) is 6.94. The second kappa shape index (κ2) is 8.82. The summed E-state index contributed by atoms with van der Waals surface area (Å²) in [6, 6.07) is 4.81. The van der Waals surface area contributed by atoms with Crippen molar-refractivity contribution in [2.24, 2.45) is 0 Å². The normalized spacial score (nSPS) is 11.7. The average molecular weight is 616 g/mol. The number of rotatable bonds is 7. The molecule has 11 nitrogen and oxygen atoms in total. The summed E-state index contributed by atoms with van der Waals surface area (Å²) in [5.41, 5.74) is -1.25. The Balaban J connectivity index is 2.44. The molecule has 2 aromatic carbocycles. The summed E-state index contributed by atoms with van der Waals surface area (Å²) in [6.45, 7) is 0. The van der Waals surface area contributed by atoms with Gasteiger partial charge < -0.3 is 20.1 Å². The number of ether oxygens (including phenoxy) is 1. The number of nitro groups is 2. The number of phenolic OH excluding ortho intramolecular Hbond substituents is 1. The molecule has 13 heteroatoms.